The molecular weight excluding hydrogens is 278 g/mol. The molecule has 22 heavy (non-hydrogen) atoms. The molecule has 1 aliphatic heterocycles. The molecule has 1 N–H and O–H groups in total. The number of hydrogen-bond donors (Lipinski definition) is 1. The number of carboxylic acids is 1. The first-order chi connectivity index (χ1) is 10.5. The Kier molecular flexibility index (Phi) is 3.98. The van der Waals surface area contributed by atoms with Crippen molar-refractivity contribution in [2.24, 2.45) is 13.0 Å². The number of benzene rings is 1. The van der Waals surface area contributed by atoms with Crippen LogP contribution in [0.5, 0.6) is 0 Å². The zero-order valence-electron chi connectivity index (χ0n) is 12.9. The fourth-order valence-electron chi connectivity index (χ4n) is 3.40. The number of rotatable bonds is 4. The van der Waals surface area contributed by atoms with Gasteiger partial charge in [0.2, 0.25) is 0 Å². The van der Waals surface area contributed by atoms with Crippen LogP contribution < -0.4 is 0 Å². The van der Waals surface area contributed by atoms with Crippen LogP contribution in [0, 0.1) is 12.8 Å². The number of nitrogens with zero attached hydrogens (tertiary/aromatic N) is 3. The number of aromatic nitrogens is 2. The lowest BCUT2D eigenvalue weighted by Crippen LogP contribution is -2.23. The van der Waals surface area contributed by atoms with Crippen molar-refractivity contribution in [1.82, 2.24) is 14.7 Å². The van der Waals surface area contributed by atoms with Gasteiger partial charge in [-0.1, -0.05) is 30.3 Å². The predicted molar refractivity (Wildman–Crippen MR) is 83.5 cm³/mol. The molecule has 2 atom stereocenters. The van der Waals surface area contributed by atoms with E-state index in [0.717, 1.165) is 24.3 Å². The molecule has 0 aliphatic carbocycles. The minimum absolute atomic E-state index is 0.00918. The molecule has 1 aliphatic rings. The average Bonchev–Trinajstić information content (AvgIpc) is 3.03. The lowest BCUT2D eigenvalue weighted by atomic mass is 9.89. The normalized spacial score (nSPS) is 22.1. The van der Waals surface area contributed by atoms with Gasteiger partial charge < -0.3 is 5.11 Å². The SMILES string of the molecule is Cc1nn(C)cc1[C@@H]1CN(Cc2ccccc2)C[C@H]1C(=O)O. The lowest BCUT2D eigenvalue weighted by Gasteiger charge is -2.15. The van der Waals surface area contributed by atoms with E-state index in [9.17, 15) is 9.90 Å². The summed E-state index contributed by atoms with van der Waals surface area (Å²) in [5.74, 6) is -1.08. The summed E-state index contributed by atoms with van der Waals surface area (Å²) in [5, 5.41) is 13.9. The molecule has 1 saturated heterocycles. The van der Waals surface area contributed by atoms with Gasteiger partial charge in [-0.05, 0) is 18.1 Å². The van der Waals surface area contributed by atoms with Crippen molar-refractivity contribution in [3.63, 3.8) is 0 Å². The van der Waals surface area contributed by atoms with E-state index in [2.05, 4.69) is 22.1 Å². The minimum Gasteiger partial charge on any atom is -0.481 e. The lowest BCUT2D eigenvalue weighted by molar-refractivity contribution is -0.141. The third kappa shape index (κ3) is 2.90. The Bertz CT molecular complexity index is 666. The molecule has 0 radical (unpaired) electrons. The standard InChI is InChI=1S/C17H21N3O2/c1-12-14(9-19(2)18-12)15-10-20(11-16(15)17(21)22)8-13-6-4-3-5-7-13/h3-7,9,15-16H,8,10-11H2,1-2H3,(H,21,22)/t15-,16+/m0/s1. The molecule has 1 aromatic heterocycles. The van der Waals surface area contributed by atoms with E-state index >= 15 is 0 Å². The highest BCUT2D eigenvalue weighted by Gasteiger charge is 2.39. The molecule has 2 heterocycles. The first-order valence-corrected chi connectivity index (χ1v) is 7.54. The highest BCUT2D eigenvalue weighted by atomic mass is 16.4. The fourth-order valence-corrected chi connectivity index (χ4v) is 3.40. The van der Waals surface area contributed by atoms with Crippen LogP contribution in [0.25, 0.3) is 0 Å². The van der Waals surface area contributed by atoms with Crippen LogP contribution in [0.4, 0.5) is 0 Å². The molecule has 5 nitrogen and oxygen atoms in total. The highest BCUT2D eigenvalue weighted by Crippen LogP contribution is 2.34. The Morgan fingerprint density at radius 1 is 1.32 bits per heavy atom. The average molecular weight is 299 g/mol. The molecule has 0 spiro atoms. The van der Waals surface area contributed by atoms with Crippen LogP contribution in [-0.2, 0) is 18.4 Å². The number of aryl methyl sites for hydroxylation is 2. The summed E-state index contributed by atoms with van der Waals surface area (Å²) < 4.78 is 1.77. The van der Waals surface area contributed by atoms with Gasteiger partial charge in [0.15, 0.2) is 0 Å². The van der Waals surface area contributed by atoms with Gasteiger partial charge in [0.1, 0.15) is 0 Å². The number of carboxylic acid groups (broad SMARTS) is 1. The minimum atomic E-state index is -0.719. The topological polar surface area (TPSA) is 58.4 Å². The molecule has 2 aromatic rings. The second-order valence-electron chi connectivity index (χ2n) is 6.07. The maximum absolute atomic E-state index is 11.6. The van der Waals surface area contributed by atoms with Gasteiger partial charge in [-0.2, -0.15) is 5.10 Å². The zero-order chi connectivity index (χ0) is 15.7. The third-order valence-corrected chi connectivity index (χ3v) is 4.41. The molecule has 3 rings (SSSR count). The summed E-state index contributed by atoms with van der Waals surface area (Å²) in [7, 11) is 1.88. The molecule has 1 fully saturated rings. The van der Waals surface area contributed by atoms with Crippen LogP contribution >= 0.6 is 0 Å². The predicted octanol–water partition coefficient (Wildman–Crippen LogP) is 2.03. The van der Waals surface area contributed by atoms with E-state index in [1.165, 1.54) is 5.56 Å². The Morgan fingerprint density at radius 2 is 2.05 bits per heavy atom. The molecule has 0 unspecified atom stereocenters. The summed E-state index contributed by atoms with van der Waals surface area (Å²) in [6.07, 6.45) is 1.96. The van der Waals surface area contributed by atoms with E-state index in [1.54, 1.807) is 4.68 Å². The van der Waals surface area contributed by atoms with E-state index in [4.69, 9.17) is 0 Å². The van der Waals surface area contributed by atoms with E-state index in [1.807, 2.05) is 38.4 Å². The molecular formula is C17H21N3O2. The molecule has 0 bridgehead atoms. The van der Waals surface area contributed by atoms with Crippen molar-refractivity contribution >= 4 is 5.97 Å². The van der Waals surface area contributed by atoms with E-state index in [-0.39, 0.29) is 11.8 Å². The van der Waals surface area contributed by atoms with Gasteiger partial charge in [0, 0.05) is 38.8 Å². The van der Waals surface area contributed by atoms with Crippen LogP contribution in [0.3, 0.4) is 0 Å². The summed E-state index contributed by atoms with van der Waals surface area (Å²) in [6, 6.07) is 10.2. The largest absolute Gasteiger partial charge is 0.481 e. The first kappa shape index (κ1) is 14.8. The Balaban J connectivity index is 1.81. The molecule has 0 saturated carbocycles. The summed E-state index contributed by atoms with van der Waals surface area (Å²) in [4.78, 5) is 13.9. The molecule has 1 aromatic carbocycles. The van der Waals surface area contributed by atoms with Gasteiger partial charge in [0.05, 0.1) is 11.6 Å². The Hall–Kier alpha value is -2.14. The Morgan fingerprint density at radius 3 is 2.64 bits per heavy atom. The van der Waals surface area contributed by atoms with Crippen molar-refractivity contribution in [3.8, 4) is 0 Å². The van der Waals surface area contributed by atoms with Crippen molar-refractivity contribution in [2.75, 3.05) is 13.1 Å². The second-order valence-corrected chi connectivity index (χ2v) is 6.07. The van der Waals surface area contributed by atoms with E-state index < -0.39 is 5.97 Å². The number of carbonyl (C=O) groups is 1. The molecule has 116 valence electrons. The highest BCUT2D eigenvalue weighted by molar-refractivity contribution is 5.72. The van der Waals surface area contributed by atoms with Gasteiger partial charge >= 0.3 is 5.97 Å². The van der Waals surface area contributed by atoms with Crippen LogP contribution in [0.2, 0.25) is 0 Å². The van der Waals surface area contributed by atoms with Gasteiger partial charge in [-0.3, -0.25) is 14.4 Å². The third-order valence-electron chi connectivity index (χ3n) is 4.41. The summed E-state index contributed by atoms with van der Waals surface area (Å²) in [5.41, 5.74) is 3.21. The molecule has 5 heteroatoms. The Labute approximate surface area is 130 Å². The van der Waals surface area contributed by atoms with Gasteiger partial charge in [-0.25, -0.2) is 0 Å². The number of likely N-dealkylation sites (tertiary alicyclic amines) is 1. The quantitative estimate of drug-likeness (QED) is 0.938. The fraction of sp³-hybridized carbons (Fsp3) is 0.412. The van der Waals surface area contributed by atoms with Crippen molar-refractivity contribution in [3.05, 3.63) is 53.3 Å². The van der Waals surface area contributed by atoms with Crippen LogP contribution in [-0.4, -0.2) is 38.8 Å². The van der Waals surface area contributed by atoms with Crippen molar-refractivity contribution in [2.45, 2.75) is 19.4 Å². The van der Waals surface area contributed by atoms with Crippen LogP contribution in [0.15, 0.2) is 36.5 Å². The van der Waals surface area contributed by atoms with Gasteiger partial charge in [0.25, 0.3) is 0 Å². The summed E-state index contributed by atoms with van der Waals surface area (Å²) in [6.45, 7) is 4.09. The maximum Gasteiger partial charge on any atom is 0.308 e. The maximum atomic E-state index is 11.6. The van der Waals surface area contributed by atoms with Gasteiger partial charge in [-0.15, -0.1) is 0 Å². The van der Waals surface area contributed by atoms with E-state index in [0.29, 0.717) is 6.54 Å². The first-order valence-electron chi connectivity index (χ1n) is 7.54. The zero-order valence-corrected chi connectivity index (χ0v) is 12.9. The monoisotopic (exact) mass is 299 g/mol. The van der Waals surface area contributed by atoms with Crippen LogP contribution in [0.1, 0.15) is 22.7 Å². The second kappa shape index (κ2) is 5.93. The van der Waals surface area contributed by atoms with Crippen molar-refractivity contribution < 1.29 is 9.90 Å². The summed E-state index contributed by atoms with van der Waals surface area (Å²) >= 11 is 0. The number of hydrogen-bond acceptors (Lipinski definition) is 3. The smallest absolute Gasteiger partial charge is 0.308 e. The molecule has 0 amide bonds. The van der Waals surface area contributed by atoms with Crippen molar-refractivity contribution in [1.29, 1.82) is 0 Å². The number of aliphatic carboxylic acids is 1.